The quantitative estimate of drug-likeness (QED) is 0.310. The highest BCUT2D eigenvalue weighted by atomic mass is 16.6. The van der Waals surface area contributed by atoms with Crippen LogP contribution in [0.25, 0.3) is 12.2 Å². The van der Waals surface area contributed by atoms with Crippen LogP contribution in [0.2, 0.25) is 0 Å². The molecule has 2 heterocycles. The number of epoxide rings is 2. The van der Waals surface area contributed by atoms with Crippen molar-refractivity contribution >= 4 is 12.2 Å². The van der Waals surface area contributed by atoms with Crippen LogP contribution in [0.15, 0.2) is 42.5 Å². The minimum Gasteiger partial charge on any atom is -0.491 e. The molecule has 0 aromatic heterocycles. The van der Waals surface area contributed by atoms with Crippen molar-refractivity contribution in [3.63, 3.8) is 0 Å². The van der Waals surface area contributed by atoms with Gasteiger partial charge in [0.25, 0.3) is 0 Å². The van der Waals surface area contributed by atoms with Crippen LogP contribution in [0, 0.1) is 0 Å². The first-order valence-electron chi connectivity index (χ1n) is 9.82. The first-order valence-corrected chi connectivity index (χ1v) is 9.82. The van der Waals surface area contributed by atoms with Gasteiger partial charge in [-0.1, -0.05) is 24.3 Å². The molecule has 6 heteroatoms. The maximum absolute atomic E-state index is 5.85. The lowest BCUT2D eigenvalue weighted by molar-refractivity contribution is 0.146. The fraction of sp³-hybridized carbons (Fsp3) is 0.391. The van der Waals surface area contributed by atoms with Gasteiger partial charge in [0.2, 0.25) is 0 Å². The molecule has 6 nitrogen and oxygen atoms in total. The Bertz CT molecular complexity index is 774. The van der Waals surface area contributed by atoms with Crippen LogP contribution < -0.4 is 14.2 Å². The van der Waals surface area contributed by atoms with Gasteiger partial charge in [0.05, 0.1) is 19.8 Å². The average Bonchev–Trinajstić information content (AvgIpc) is 3.65. The maximum Gasteiger partial charge on any atom is 0.123 e. The van der Waals surface area contributed by atoms with Crippen molar-refractivity contribution in [2.75, 3.05) is 46.8 Å². The van der Waals surface area contributed by atoms with Crippen LogP contribution >= 0.6 is 0 Å². The van der Waals surface area contributed by atoms with Crippen molar-refractivity contribution in [3.05, 3.63) is 53.6 Å². The Hall–Kier alpha value is -2.54. The largest absolute Gasteiger partial charge is 0.491 e. The Morgan fingerprint density at radius 1 is 0.759 bits per heavy atom. The minimum atomic E-state index is 0.211. The first-order chi connectivity index (χ1) is 14.3. The van der Waals surface area contributed by atoms with E-state index in [4.69, 9.17) is 28.4 Å². The molecule has 0 N–H and O–H groups in total. The SMILES string of the molecule is COCCOc1ccc(/C=C/c2cc(OCC3CO3)cc(OCC3CO3)c2)cc1. The molecule has 2 aliphatic heterocycles. The van der Waals surface area contributed by atoms with Crippen LogP contribution in [0.1, 0.15) is 11.1 Å². The Balaban J connectivity index is 1.40. The minimum absolute atomic E-state index is 0.211. The van der Waals surface area contributed by atoms with E-state index in [0.29, 0.717) is 26.4 Å². The number of rotatable bonds is 12. The van der Waals surface area contributed by atoms with Crippen molar-refractivity contribution in [2.45, 2.75) is 12.2 Å². The van der Waals surface area contributed by atoms with Gasteiger partial charge in [0.15, 0.2) is 0 Å². The summed E-state index contributed by atoms with van der Waals surface area (Å²) in [6.07, 6.45) is 4.52. The highest BCUT2D eigenvalue weighted by molar-refractivity contribution is 5.71. The molecule has 154 valence electrons. The van der Waals surface area contributed by atoms with Gasteiger partial charge < -0.3 is 28.4 Å². The molecule has 4 rings (SSSR count). The second-order valence-electron chi connectivity index (χ2n) is 7.01. The van der Waals surface area contributed by atoms with Crippen LogP contribution in [0.5, 0.6) is 17.2 Å². The van der Waals surface area contributed by atoms with Crippen molar-refractivity contribution in [1.82, 2.24) is 0 Å². The molecular formula is C23H26O6. The standard InChI is InChI=1S/C23H26O6/c1-24-8-9-25-19-6-4-17(5-7-19)2-3-18-10-20(26-13-22-15-28-22)12-21(11-18)27-14-23-16-29-23/h2-7,10-12,22-23H,8-9,13-16H2,1H3/b3-2+. The van der Waals surface area contributed by atoms with Gasteiger partial charge in [-0.05, 0) is 35.4 Å². The molecule has 0 saturated carbocycles. The van der Waals surface area contributed by atoms with Gasteiger partial charge in [-0.25, -0.2) is 0 Å². The molecule has 2 atom stereocenters. The molecule has 2 fully saturated rings. The Morgan fingerprint density at radius 3 is 1.90 bits per heavy atom. The van der Waals surface area contributed by atoms with Crippen molar-refractivity contribution in [3.8, 4) is 17.2 Å². The van der Waals surface area contributed by atoms with E-state index in [-0.39, 0.29) is 12.2 Å². The fourth-order valence-electron chi connectivity index (χ4n) is 2.67. The number of benzene rings is 2. The summed E-state index contributed by atoms with van der Waals surface area (Å²) in [5.41, 5.74) is 2.09. The molecular weight excluding hydrogens is 372 g/mol. The third-order valence-corrected chi connectivity index (χ3v) is 4.48. The number of methoxy groups -OCH3 is 1. The second-order valence-corrected chi connectivity index (χ2v) is 7.01. The summed E-state index contributed by atoms with van der Waals surface area (Å²) in [6.45, 7) is 3.77. The lowest BCUT2D eigenvalue weighted by atomic mass is 10.1. The van der Waals surface area contributed by atoms with E-state index in [9.17, 15) is 0 Å². The van der Waals surface area contributed by atoms with Gasteiger partial charge >= 0.3 is 0 Å². The smallest absolute Gasteiger partial charge is 0.123 e. The van der Waals surface area contributed by atoms with E-state index in [0.717, 1.165) is 41.6 Å². The molecule has 0 amide bonds. The van der Waals surface area contributed by atoms with Gasteiger partial charge in [0, 0.05) is 13.2 Å². The molecule has 0 radical (unpaired) electrons. The number of hydrogen-bond donors (Lipinski definition) is 0. The van der Waals surface area contributed by atoms with Gasteiger partial charge in [-0.2, -0.15) is 0 Å². The van der Waals surface area contributed by atoms with E-state index < -0.39 is 0 Å². The van der Waals surface area contributed by atoms with Gasteiger partial charge in [-0.15, -0.1) is 0 Å². The second kappa shape index (κ2) is 9.78. The highest BCUT2D eigenvalue weighted by Crippen LogP contribution is 2.26. The van der Waals surface area contributed by atoms with E-state index in [1.165, 1.54) is 0 Å². The van der Waals surface area contributed by atoms with E-state index in [2.05, 4.69) is 6.08 Å². The molecule has 0 aliphatic carbocycles. The summed E-state index contributed by atoms with van der Waals surface area (Å²) in [5.74, 6) is 2.38. The molecule has 2 unspecified atom stereocenters. The summed E-state index contributed by atoms with van der Waals surface area (Å²) in [4.78, 5) is 0. The topological polar surface area (TPSA) is 62.0 Å². The molecule has 2 saturated heterocycles. The number of ether oxygens (including phenoxy) is 6. The Morgan fingerprint density at radius 2 is 1.34 bits per heavy atom. The lowest BCUT2D eigenvalue weighted by Crippen LogP contribution is -2.06. The molecule has 0 spiro atoms. The maximum atomic E-state index is 5.85. The predicted octanol–water partition coefficient (Wildman–Crippen LogP) is 3.44. The Kier molecular flexibility index (Phi) is 6.67. The Labute approximate surface area is 170 Å². The first kappa shape index (κ1) is 19.8. The highest BCUT2D eigenvalue weighted by Gasteiger charge is 2.24. The van der Waals surface area contributed by atoms with Crippen molar-refractivity contribution in [2.24, 2.45) is 0 Å². The zero-order valence-corrected chi connectivity index (χ0v) is 16.5. The fourth-order valence-corrected chi connectivity index (χ4v) is 2.67. The lowest BCUT2D eigenvalue weighted by Gasteiger charge is -2.10. The zero-order valence-electron chi connectivity index (χ0n) is 16.5. The van der Waals surface area contributed by atoms with E-state index in [1.54, 1.807) is 7.11 Å². The molecule has 2 aliphatic rings. The third-order valence-electron chi connectivity index (χ3n) is 4.48. The summed E-state index contributed by atoms with van der Waals surface area (Å²) in [7, 11) is 1.66. The summed E-state index contributed by atoms with van der Waals surface area (Å²) in [5, 5.41) is 0. The third kappa shape index (κ3) is 6.78. The summed E-state index contributed by atoms with van der Waals surface area (Å²) >= 11 is 0. The van der Waals surface area contributed by atoms with Crippen LogP contribution in [-0.4, -0.2) is 59.0 Å². The van der Waals surface area contributed by atoms with Crippen molar-refractivity contribution < 1.29 is 28.4 Å². The summed E-state index contributed by atoms with van der Waals surface area (Å²) in [6, 6.07) is 13.9. The van der Waals surface area contributed by atoms with Crippen molar-refractivity contribution in [1.29, 1.82) is 0 Å². The van der Waals surface area contributed by atoms with Crippen LogP contribution in [-0.2, 0) is 14.2 Å². The molecule has 29 heavy (non-hydrogen) atoms. The molecule has 2 aromatic carbocycles. The number of hydrogen-bond acceptors (Lipinski definition) is 6. The molecule has 2 aromatic rings. The molecule has 0 bridgehead atoms. The van der Waals surface area contributed by atoms with Gasteiger partial charge in [0.1, 0.15) is 49.3 Å². The van der Waals surface area contributed by atoms with E-state index >= 15 is 0 Å². The average molecular weight is 398 g/mol. The predicted molar refractivity (Wildman–Crippen MR) is 110 cm³/mol. The van der Waals surface area contributed by atoms with Crippen LogP contribution in [0.4, 0.5) is 0 Å². The van der Waals surface area contributed by atoms with E-state index in [1.807, 2.05) is 48.5 Å². The van der Waals surface area contributed by atoms with Gasteiger partial charge in [-0.3, -0.25) is 0 Å². The monoisotopic (exact) mass is 398 g/mol. The van der Waals surface area contributed by atoms with Crippen LogP contribution in [0.3, 0.4) is 0 Å². The normalized spacial score (nSPS) is 19.9. The summed E-state index contributed by atoms with van der Waals surface area (Å²) < 4.78 is 32.7. The zero-order chi connectivity index (χ0) is 19.9.